The first-order valence-electron chi connectivity index (χ1n) is 10.3. The van der Waals surface area contributed by atoms with Crippen molar-refractivity contribution in [2.75, 3.05) is 16.8 Å². The average molecular weight is 447 g/mol. The minimum Gasteiger partial charge on any atom is -0.494 e. The van der Waals surface area contributed by atoms with Gasteiger partial charge in [0.2, 0.25) is 0 Å². The Hall–Kier alpha value is -3.57. The van der Waals surface area contributed by atoms with Gasteiger partial charge in [-0.3, -0.25) is 9.59 Å². The second kappa shape index (κ2) is 8.89. The molecule has 162 valence electrons. The van der Waals surface area contributed by atoms with Crippen LogP contribution in [0.3, 0.4) is 0 Å². The van der Waals surface area contributed by atoms with Gasteiger partial charge in [0, 0.05) is 10.7 Å². The largest absolute Gasteiger partial charge is 0.494 e. The average Bonchev–Trinajstić information content (AvgIpc) is 3.02. The molecule has 2 amide bonds. The van der Waals surface area contributed by atoms with Crippen molar-refractivity contribution in [1.29, 1.82) is 0 Å². The molecule has 0 saturated heterocycles. The summed E-state index contributed by atoms with van der Waals surface area (Å²) in [5.74, 6) is -0.112. The number of carbonyl (C=O) groups excluding carboxylic acids is 2. The van der Waals surface area contributed by atoms with Crippen molar-refractivity contribution >= 4 is 40.4 Å². The zero-order valence-corrected chi connectivity index (χ0v) is 18.9. The Morgan fingerprint density at radius 3 is 2.19 bits per heavy atom. The van der Waals surface area contributed by atoms with E-state index in [1.54, 1.807) is 48.5 Å². The van der Waals surface area contributed by atoms with Crippen molar-refractivity contribution in [2.24, 2.45) is 0 Å². The molecule has 0 bridgehead atoms. The predicted molar refractivity (Wildman–Crippen MR) is 128 cm³/mol. The van der Waals surface area contributed by atoms with Gasteiger partial charge in [0.25, 0.3) is 11.8 Å². The number of benzene rings is 3. The van der Waals surface area contributed by atoms with Crippen molar-refractivity contribution in [3.05, 3.63) is 94.1 Å². The van der Waals surface area contributed by atoms with Crippen LogP contribution in [0.15, 0.2) is 72.4 Å². The maximum absolute atomic E-state index is 13.5. The first-order valence-corrected chi connectivity index (χ1v) is 10.7. The minimum absolute atomic E-state index is 0.234. The molecular formula is C26H23ClN2O3. The monoisotopic (exact) mass is 446 g/mol. The molecule has 0 spiro atoms. The van der Waals surface area contributed by atoms with Crippen LogP contribution in [0.5, 0.6) is 5.75 Å². The molecule has 0 saturated carbocycles. The van der Waals surface area contributed by atoms with E-state index >= 15 is 0 Å². The summed E-state index contributed by atoms with van der Waals surface area (Å²) in [6.07, 6.45) is 0. The van der Waals surface area contributed by atoms with Gasteiger partial charge in [0.1, 0.15) is 11.4 Å². The van der Waals surface area contributed by atoms with Crippen LogP contribution >= 0.6 is 11.6 Å². The van der Waals surface area contributed by atoms with Crippen molar-refractivity contribution in [1.82, 2.24) is 0 Å². The molecule has 5 nitrogen and oxygen atoms in total. The second-order valence-corrected chi connectivity index (χ2v) is 7.99. The number of hydrogen-bond donors (Lipinski definition) is 1. The van der Waals surface area contributed by atoms with E-state index in [1.807, 2.05) is 39.0 Å². The van der Waals surface area contributed by atoms with E-state index in [0.717, 1.165) is 16.8 Å². The summed E-state index contributed by atoms with van der Waals surface area (Å²) < 4.78 is 5.51. The Labute approximate surface area is 192 Å². The maximum Gasteiger partial charge on any atom is 0.282 e. The van der Waals surface area contributed by atoms with Crippen LogP contribution in [0.2, 0.25) is 5.02 Å². The highest BCUT2D eigenvalue weighted by Crippen LogP contribution is 2.35. The van der Waals surface area contributed by atoms with Gasteiger partial charge in [-0.15, -0.1) is 0 Å². The molecule has 1 aliphatic heterocycles. The molecule has 1 N–H and O–H groups in total. The molecule has 0 aliphatic carbocycles. The number of carbonyl (C=O) groups is 2. The highest BCUT2D eigenvalue weighted by molar-refractivity contribution is 6.46. The van der Waals surface area contributed by atoms with Gasteiger partial charge in [-0.05, 0) is 86.0 Å². The number of halogens is 1. The lowest BCUT2D eigenvalue weighted by Gasteiger charge is -2.15. The SMILES string of the molecule is CCOc1ccc(C2=C(Nc3ccc(C)c(C)c3)C(=O)N(c3ccc(Cl)cc3)C2=O)cc1. The minimum atomic E-state index is -0.417. The topological polar surface area (TPSA) is 58.6 Å². The Balaban J connectivity index is 1.79. The van der Waals surface area contributed by atoms with Crippen LogP contribution in [0.1, 0.15) is 23.6 Å². The van der Waals surface area contributed by atoms with E-state index in [2.05, 4.69) is 5.32 Å². The van der Waals surface area contributed by atoms with Crippen molar-refractivity contribution in [2.45, 2.75) is 20.8 Å². The van der Waals surface area contributed by atoms with Crippen LogP contribution in [-0.2, 0) is 9.59 Å². The third-order valence-corrected chi connectivity index (χ3v) is 5.65. The quantitative estimate of drug-likeness (QED) is 0.489. The second-order valence-electron chi connectivity index (χ2n) is 7.55. The summed E-state index contributed by atoms with van der Waals surface area (Å²) in [5, 5.41) is 3.73. The third kappa shape index (κ3) is 4.12. The number of nitrogens with one attached hydrogen (secondary N) is 1. The highest BCUT2D eigenvalue weighted by atomic mass is 35.5. The number of anilines is 2. The number of ether oxygens (including phenoxy) is 1. The highest BCUT2D eigenvalue weighted by Gasteiger charge is 2.40. The van der Waals surface area contributed by atoms with E-state index in [9.17, 15) is 9.59 Å². The Morgan fingerprint density at radius 1 is 0.875 bits per heavy atom. The number of amides is 2. The summed E-state index contributed by atoms with van der Waals surface area (Å²) in [6.45, 7) is 6.48. The fourth-order valence-corrected chi connectivity index (χ4v) is 3.71. The molecule has 3 aromatic rings. The van der Waals surface area contributed by atoms with Crippen LogP contribution in [0, 0.1) is 13.8 Å². The van der Waals surface area contributed by atoms with Gasteiger partial charge in [-0.2, -0.15) is 0 Å². The van der Waals surface area contributed by atoms with Crippen LogP contribution in [-0.4, -0.2) is 18.4 Å². The Morgan fingerprint density at radius 2 is 1.56 bits per heavy atom. The van der Waals surface area contributed by atoms with E-state index < -0.39 is 11.8 Å². The number of nitrogens with zero attached hydrogens (tertiary/aromatic N) is 1. The Bertz CT molecular complexity index is 1210. The molecule has 1 heterocycles. The predicted octanol–water partition coefficient (Wildman–Crippen LogP) is 5.75. The van der Waals surface area contributed by atoms with E-state index in [0.29, 0.717) is 34.2 Å². The summed E-state index contributed by atoms with van der Waals surface area (Å²) >= 11 is 6.00. The van der Waals surface area contributed by atoms with Gasteiger partial charge in [0.05, 0.1) is 17.9 Å². The number of rotatable bonds is 6. The fraction of sp³-hybridized carbons (Fsp3) is 0.154. The van der Waals surface area contributed by atoms with Gasteiger partial charge in [0.15, 0.2) is 0 Å². The lowest BCUT2D eigenvalue weighted by molar-refractivity contribution is -0.120. The van der Waals surface area contributed by atoms with E-state index in [1.165, 1.54) is 4.90 Å². The molecule has 4 rings (SSSR count). The zero-order valence-electron chi connectivity index (χ0n) is 18.1. The van der Waals surface area contributed by atoms with Gasteiger partial charge in [-0.1, -0.05) is 29.8 Å². The first-order chi connectivity index (χ1) is 15.4. The Kier molecular flexibility index (Phi) is 6.01. The van der Waals surface area contributed by atoms with Gasteiger partial charge < -0.3 is 10.1 Å². The molecule has 1 aliphatic rings. The van der Waals surface area contributed by atoms with Crippen LogP contribution in [0.25, 0.3) is 5.57 Å². The summed E-state index contributed by atoms with van der Waals surface area (Å²) in [7, 11) is 0. The van der Waals surface area contributed by atoms with Crippen molar-refractivity contribution in [3.8, 4) is 5.75 Å². The number of aryl methyl sites for hydroxylation is 2. The number of imide groups is 1. The van der Waals surface area contributed by atoms with E-state index in [-0.39, 0.29) is 5.70 Å². The molecule has 0 unspecified atom stereocenters. The third-order valence-electron chi connectivity index (χ3n) is 5.40. The lowest BCUT2D eigenvalue weighted by Crippen LogP contribution is -2.32. The van der Waals surface area contributed by atoms with Crippen LogP contribution in [0.4, 0.5) is 11.4 Å². The standard InChI is InChI=1S/C26H23ClN2O3/c1-4-32-22-13-6-18(7-14-22)23-24(28-20-10-5-16(2)17(3)15-20)26(31)29(25(23)30)21-11-8-19(27)9-12-21/h5-15,28H,4H2,1-3H3. The molecule has 3 aromatic carbocycles. The van der Waals surface area contributed by atoms with Crippen LogP contribution < -0.4 is 15.0 Å². The number of hydrogen-bond acceptors (Lipinski definition) is 4. The first kappa shape index (κ1) is 21.7. The van der Waals surface area contributed by atoms with Crippen molar-refractivity contribution in [3.63, 3.8) is 0 Å². The zero-order chi connectivity index (χ0) is 22.8. The van der Waals surface area contributed by atoms with Gasteiger partial charge >= 0.3 is 0 Å². The molecule has 32 heavy (non-hydrogen) atoms. The summed E-state index contributed by atoms with van der Waals surface area (Å²) in [6, 6.07) is 19.6. The molecule has 0 atom stereocenters. The molecular weight excluding hydrogens is 424 g/mol. The lowest BCUT2D eigenvalue weighted by atomic mass is 10.0. The summed E-state index contributed by atoms with van der Waals surface area (Å²) in [5.41, 5.74) is 4.62. The molecule has 0 fully saturated rings. The van der Waals surface area contributed by atoms with E-state index in [4.69, 9.17) is 16.3 Å². The van der Waals surface area contributed by atoms with Crippen molar-refractivity contribution < 1.29 is 14.3 Å². The normalized spacial score (nSPS) is 13.7. The molecule has 6 heteroatoms. The smallest absolute Gasteiger partial charge is 0.282 e. The maximum atomic E-state index is 13.5. The van der Waals surface area contributed by atoms with Gasteiger partial charge in [-0.25, -0.2) is 4.90 Å². The fourth-order valence-electron chi connectivity index (χ4n) is 3.59. The molecule has 0 aromatic heterocycles. The summed E-state index contributed by atoms with van der Waals surface area (Å²) in [4.78, 5) is 28.1. The molecule has 0 radical (unpaired) electrons.